The summed E-state index contributed by atoms with van der Waals surface area (Å²) in [7, 11) is 1.72. The lowest BCUT2D eigenvalue weighted by molar-refractivity contribution is 0.0798. The molecule has 0 N–H and O–H groups in total. The van der Waals surface area contributed by atoms with Crippen molar-refractivity contribution in [2.24, 2.45) is 0 Å². The number of amides is 1. The number of halogens is 1. The topological polar surface area (TPSA) is 50.5 Å². The quantitative estimate of drug-likeness (QED) is 0.777. The molecular formula is C11H13ClN4O. The Morgan fingerprint density at radius 2 is 2.35 bits per heavy atom. The molecule has 0 aromatic carbocycles. The Kier molecular flexibility index (Phi) is 3.28. The first kappa shape index (κ1) is 11.9. The van der Waals surface area contributed by atoms with Crippen molar-refractivity contribution >= 4 is 23.0 Å². The van der Waals surface area contributed by atoms with Crippen LogP contribution < -0.4 is 0 Å². The van der Waals surface area contributed by atoms with Crippen LogP contribution in [-0.2, 0) is 0 Å². The summed E-state index contributed by atoms with van der Waals surface area (Å²) >= 11 is 5.87. The van der Waals surface area contributed by atoms with Gasteiger partial charge in [-0.05, 0) is 6.92 Å². The Morgan fingerprint density at radius 3 is 3.06 bits per heavy atom. The number of nitrogens with zero attached hydrogens (tertiary/aromatic N) is 4. The molecule has 0 bridgehead atoms. The van der Waals surface area contributed by atoms with Gasteiger partial charge in [0.05, 0.1) is 23.5 Å². The van der Waals surface area contributed by atoms with Gasteiger partial charge in [-0.1, -0.05) is 0 Å². The van der Waals surface area contributed by atoms with E-state index in [4.69, 9.17) is 11.6 Å². The van der Waals surface area contributed by atoms with Crippen LogP contribution in [0.4, 0.5) is 0 Å². The minimum Gasteiger partial charge on any atom is -0.340 e. The van der Waals surface area contributed by atoms with Crippen molar-refractivity contribution in [2.45, 2.75) is 12.3 Å². The second kappa shape index (κ2) is 4.71. The third-order valence-corrected chi connectivity index (χ3v) is 2.57. The average molecular weight is 253 g/mol. The highest BCUT2D eigenvalue weighted by Gasteiger charge is 2.17. The van der Waals surface area contributed by atoms with E-state index in [1.807, 2.05) is 6.92 Å². The summed E-state index contributed by atoms with van der Waals surface area (Å²) in [6.07, 6.45) is 6.50. The highest BCUT2D eigenvalue weighted by atomic mass is 35.5. The zero-order valence-electron chi connectivity index (χ0n) is 9.67. The van der Waals surface area contributed by atoms with E-state index in [0.717, 1.165) is 0 Å². The molecule has 2 aromatic rings. The predicted octanol–water partition coefficient (Wildman–Crippen LogP) is 1.43. The molecule has 1 amide bonds. The predicted molar refractivity (Wildman–Crippen MR) is 65.3 cm³/mol. The molecule has 0 fully saturated rings. The van der Waals surface area contributed by atoms with Gasteiger partial charge in [0, 0.05) is 31.4 Å². The minimum atomic E-state index is -0.0968. The number of aromatic nitrogens is 3. The molecule has 0 spiro atoms. The summed E-state index contributed by atoms with van der Waals surface area (Å²) in [5.74, 6) is -0.0968. The van der Waals surface area contributed by atoms with Gasteiger partial charge < -0.3 is 4.90 Å². The molecule has 2 rings (SSSR count). The van der Waals surface area contributed by atoms with Crippen LogP contribution in [0.15, 0.2) is 24.8 Å². The average Bonchev–Trinajstić information content (AvgIpc) is 2.70. The molecule has 90 valence electrons. The van der Waals surface area contributed by atoms with Gasteiger partial charge in [0.2, 0.25) is 0 Å². The molecule has 0 aliphatic rings. The van der Waals surface area contributed by atoms with Crippen molar-refractivity contribution in [3.05, 3.63) is 30.4 Å². The largest absolute Gasteiger partial charge is 0.340 e. The van der Waals surface area contributed by atoms with Gasteiger partial charge in [0.1, 0.15) is 0 Å². The summed E-state index contributed by atoms with van der Waals surface area (Å²) in [6, 6.07) is 0. The molecule has 17 heavy (non-hydrogen) atoms. The molecule has 0 saturated carbocycles. The van der Waals surface area contributed by atoms with E-state index in [1.165, 1.54) is 0 Å². The molecule has 1 atom stereocenters. The Balaban J connectivity index is 2.30. The second-order valence-corrected chi connectivity index (χ2v) is 4.68. The first-order chi connectivity index (χ1) is 8.09. The maximum Gasteiger partial charge on any atom is 0.257 e. The summed E-state index contributed by atoms with van der Waals surface area (Å²) in [4.78, 5) is 17.7. The molecule has 0 aliphatic carbocycles. The standard InChI is InChI=1S/C11H13ClN4O/c1-8(12)7-15(2)11(17)9-5-14-16-4-3-13-6-10(9)16/h3-6,8H,7H2,1-2H3. The molecule has 6 heteroatoms. The van der Waals surface area contributed by atoms with E-state index in [1.54, 1.807) is 41.3 Å². The Hall–Kier alpha value is -1.62. The number of hydrogen-bond donors (Lipinski definition) is 0. The molecule has 5 nitrogen and oxygen atoms in total. The molecule has 1 unspecified atom stereocenters. The summed E-state index contributed by atoms with van der Waals surface area (Å²) in [5.41, 5.74) is 1.24. The second-order valence-electron chi connectivity index (χ2n) is 3.93. The first-order valence-corrected chi connectivity index (χ1v) is 5.70. The van der Waals surface area contributed by atoms with Crippen LogP contribution in [0, 0.1) is 0 Å². The highest BCUT2D eigenvalue weighted by molar-refractivity contribution is 6.20. The van der Waals surface area contributed by atoms with E-state index < -0.39 is 0 Å². The Morgan fingerprint density at radius 1 is 1.59 bits per heavy atom. The van der Waals surface area contributed by atoms with Gasteiger partial charge in [-0.3, -0.25) is 9.78 Å². The smallest absolute Gasteiger partial charge is 0.257 e. The summed E-state index contributed by atoms with van der Waals surface area (Å²) in [6.45, 7) is 2.35. The number of rotatable bonds is 3. The fraction of sp³-hybridized carbons (Fsp3) is 0.364. The zero-order chi connectivity index (χ0) is 12.4. The van der Waals surface area contributed by atoms with Crippen LogP contribution in [0.25, 0.3) is 5.52 Å². The first-order valence-electron chi connectivity index (χ1n) is 5.26. The number of fused-ring (bicyclic) bond motifs is 1. The molecule has 0 radical (unpaired) electrons. The van der Waals surface area contributed by atoms with E-state index >= 15 is 0 Å². The van der Waals surface area contributed by atoms with Crippen molar-refractivity contribution in [3.8, 4) is 0 Å². The number of hydrogen-bond acceptors (Lipinski definition) is 3. The fourth-order valence-electron chi connectivity index (χ4n) is 1.67. The third kappa shape index (κ3) is 2.39. The van der Waals surface area contributed by atoms with Crippen molar-refractivity contribution in [3.63, 3.8) is 0 Å². The molecule has 2 aromatic heterocycles. The Bertz CT molecular complexity index is 537. The third-order valence-electron chi connectivity index (χ3n) is 2.43. The monoisotopic (exact) mass is 252 g/mol. The van der Waals surface area contributed by atoms with Crippen LogP contribution in [0.1, 0.15) is 17.3 Å². The lowest BCUT2D eigenvalue weighted by Gasteiger charge is -2.17. The fourth-order valence-corrected chi connectivity index (χ4v) is 1.87. The van der Waals surface area contributed by atoms with Crippen molar-refractivity contribution in [1.29, 1.82) is 0 Å². The van der Waals surface area contributed by atoms with Crippen LogP contribution in [0.5, 0.6) is 0 Å². The van der Waals surface area contributed by atoms with Crippen LogP contribution in [-0.4, -0.2) is 44.4 Å². The van der Waals surface area contributed by atoms with E-state index in [-0.39, 0.29) is 11.3 Å². The van der Waals surface area contributed by atoms with Crippen LogP contribution >= 0.6 is 11.6 Å². The van der Waals surface area contributed by atoms with E-state index in [9.17, 15) is 4.79 Å². The SMILES string of the molecule is CC(Cl)CN(C)C(=O)c1cnn2ccncc12. The van der Waals surface area contributed by atoms with Crippen LogP contribution in [0.2, 0.25) is 0 Å². The van der Waals surface area contributed by atoms with Gasteiger partial charge in [-0.15, -0.1) is 11.6 Å². The minimum absolute atomic E-state index is 0.0797. The number of alkyl halides is 1. The van der Waals surface area contributed by atoms with Crippen molar-refractivity contribution in [2.75, 3.05) is 13.6 Å². The maximum atomic E-state index is 12.1. The maximum absolute atomic E-state index is 12.1. The molecule has 0 aliphatic heterocycles. The zero-order valence-corrected chi connectivity index (χ0v) is 10.4. The summed E-state index contributed by atoms with van der Waals surface area (Å²) in [5, 5.41) is 4.02. The van der Waals surface area contributed by atoms with Crippen LogP contribution in [0.3, 0.4) is 0 Å². The van der Waals surface area contributed by atoms with Gasteiger partial charge in [-0.25, -0.2) is 4.52 Å². The normalized spacial score (nSPS) is 12.6. The van der Waals surface area contributed by atoms with Crippen molar-refractivity contribution < 1.29 is 4.79 Å². The number of carbonyl (C=O) groups is 1. The number of carbonyl (C=O) groups excluding carboxylic acids is 1. The Labute approximate surface area is 104 Å². The lowest BCUT2D eigenvalue weighted by Crippen LogP contribution is -2.31. The van der Waals surface area contributed by atoms with E-state index in [0.29, 0.717) is 17.6 Å². The summed E-state index contributed by atoms with van der Waals surface area (Å²) < 4.78 is 1.62. The van der Waals surface area contributed by atoms with Crippen molar-refractivity contribution in [1.82, 2.24) is 19.5 Å². The van der Waals surface area contributed by atoms with Gasteiger partial charge >= 0.3 is 0 Å². The van der Waals surface area contributed by atoms with Gasteiger partial charge in [0.15, 0.2) is 0 Å². The highest BCUT2D eigenvalue weighted by Crippen LogP contribution is 2.11. The molecule has 0 saturated heterocycles. The molecule has 2 heterocycles. The van der Waals surface area contributed by atoms with E-state index in [2.05, 4.69) is 10.1 Å². The van der Waals surface area contributed by atoms with Gasteiger partial charge in [0.25, 0.3) is 5.91 Å². The molecular weight excluding hydrogens is 240 g/mol. The lowest BCUT2D eigenvalue weighted by atomic mass is 10.2. The van der Waals surface area contributed by atoms with Gasteiger partial charge in [-0.2, -0.15) is 5.10 Å².